The Hall–Kier alpha value is -4.13. The number of esters is 1. The van der Waals surface area contributed by atoms with Gasteiger partial charge in [-0.2, -0.15) is 0 Å². The van der Waals surface area contributed by atoms with Crippen LogP contribution in [0.2, 0.25) is 0 Å². The summed E-state index contributed by atoms with van der Waals surface area (Å²) in [4.78, 5) is 51.5. The van der Waals surface area contributed by atoms with Gasteiger partial charge >= 0.3 is 5.97 Å². The van der Waals surface area contributed by atoms with Gasteiger partial charge in [-0.1, -0.05) is 29.8 Å². The van der Waals surface area contributed by atoms with Gasteiger partial charge in [0.15, 0.2) is 6.10 Å². The molecule has 2 amide bonds. The molecule has 0 fully saturated rings. The third-order valence-electron chi connectivity index (χ3n) is 5.20. The van der Waals surface area contributed by atoms with Crippen LogP contribution in [0.25, 0.3) is 0 Å². The van der Waals surface area contributed by atoms with E-state index in [1.807, 2.05) is 6.92 Å². The maximum atomic E-state index is 13.2. The Bertz CT molecular complexity index is 1250. The highest BCUT2D eigenvalue weighted by Gasteiger charge is 2.37. The van der Waals surface area contributed by atoms with E-state index in [-0.39, 0.29) is 28.2 Å². The zero-order chi connectivity index (χ0) is 23.0. The fourth-order valence-electron chi connectivity index (χ4n) is 3.43. The number of fused-ring (bicyclic) bond motifs is 1. The van der Waals surface area contributed by atoms with Crippen LogP contribution in [0.3, 0.4) is 0 Å². The number of anilines is 1. The van der Waals surface area contributed by atoms with Crippen LogP contribution in [0, 0.1) is 12.7 Å². The monoisotopic (exact) mass is 431 g/mol. The van der Waals surface area contributed by atoms with Gasteiger partial charge in [-0.3, -0.25) is 14.4 Å². The van der Waals surface area contributed by atoms with Crippen LogP contribution in [0.4, 0.5) is 10.1 Å². The number of carbonyl (C=O) groups excluding carboxylic acids is 4. The van der Waals surface area contributed by atoms with Gasteiger partial charge < -0.3 is 4.74 Å². The van der Waals surface area contributed by atoms with Gasteiger partial charge in [-0.15, -0.1) is 0 Å². The normalized spacial score (nSPS) is 13.7. The molecule has 0 saturated carbocycles. The van der Waals surface area contributed by atoms with Crippen molar-refractivity contribution < 1.29 is 28.3 Å². The molecule has 1 aliphatic rings. The maximum absolute atomic E-state index is 13.2. The van der Waals surface area contributed by atoms with E-state index in [9.17, 15) is 23.6 Å². The number of halogens is 1. The van der Waals surface area contributed by atoms with E-state index in [1.165, 1.54) is 37.3 Å². The molecule has 7 heteroatoms. The Morgan fingerprint density at radius 2 is 1.44 bits per heavy atom. The predicted octanol–water partition coefficient (Wildman–Crippen LogP) is 4.36. The van der Waals surface area contributed by atoms with Crippen LogP contribution in [-0.4, -0.2) is 29.7 Å². The van der Waals surface area contributed by atoms with Gasteiger partial charge in [0.25, 0.3) is 11.8 Å². The van der Waals surface area contributed by atoms with Gasteiger partial charge in [0.1, 0.15) is 5.82 Å². The molecule has 1 heterocycles. The molecule has 0 unspecified atom stereocenters. The van der Waals surface area contributed by atoms with Gasteiger partial charge in [0, 0.05) is 5.56 Å². The van der Waals surface area contributed by atoms with E-state index in [4.69, 9.17) is 4.74 Å². The third kappa shape index (κ3) is 3.80. The lowest BCUT2D eigenvalue weighted by molar-refractivity contribution is 0.0318. The van der Waals surface area contributed by atoms with Crippen LogP contribution >= 0.6 is 0 Å². The zero-order valence-corrected chi connectivity index (χ0v) is 17.3. The minimum Gasteiger partial charge on any atom is -0.451 e. The van der Waals surface area contributed by atoms with Crippen molar-refractivity contribution >= 4 is 29.3 Å². The molecule has 0 saturated heterocycles. The highest BCUT2D eigenvalue weighted by Crippen LogP contribution is 2.29. The topological polar surface area (TPSA) is 80.8 Å². The van der Waals surface area contributed by atoms with Crippen molar-refractivity contribution in [1.82, 2.24) is 0 Å². The van der Waals surface area contributed by atoms with Gasteiger partial charge in [-0.25, -0.2) is 14.1 Å². The second-order valence-electron chi connectivity index (χ2n) is 7.46. The smallest absolute Gasteiger partial charge is 0.338 e. The number of carbonyl (C=O) groups is 4. The van der Waals surface area contributed by atoms with Crippen molar-refractivity contribution in [3.63, 3.8) is 0 Å². The predicted molar refractivity (Wildman–Crippen MR) is 114 cm³/mol. The number of benzene rings is 3. The SMILES string of the molecule is Cc1ccc(C(=O)[C@H](C)OC(=O)c2ccc3c(c2)C(=O)N(c2ccc(F)cc2)C3=O)cc1. The van der Waals surface area contributed by atoms with E-state index in [0.717, 1.165) is 22.6 Å². The number of imide groups is 1. The standard InChI is InChI=1S/C25H18FNO5/c1-14-3-5-16(6-4-14)22(28)15(2)32-25(31)17-7-12-20-21(13-17)24(30)27(23(20)29)19-10-8-18(26)9-11-19/h3-13,15H,1-2H3/t15-/m0/s1. The third-order valence-corrected chi connectivity index (χ3v) is 5.20. The molecule has 0 spiro atoms. The molecule has 0 radical (unpaired) electrons. The van der Waals surface area contributed by atoms with E-state index in [2.05, 4.69) is 0 Å². The Balaban J connectivity index is 1.53. The summed E-state index contributed by atoms with van der Waals surface area (Å²) < 4.78 is 18.5. The van der Waals surface area contributed by atoms with E-state index < -0.39 is 29.7 Å². The van der Waals surface area contributed by atoms with Crippen LogP contribution in [0.1, 0.15) is 53.9 Å². The summed E-state index contributed by atoms with van der Waals surface area (Å²) in [6.45, 7) is 3.37. The average molecular weight is 431 g/mol. The van der Waals surface area contributed by atoms with Crippen molar-refractivity contribution in [2.75, 3.05) is 4.90 Å². The summed E-state index contributed by atoms with van der Waals surface area (Å²) in [6.07, 6.45) is -1.04. The van der Waals surface area contributed by atoms with Gasteiger partial charge in [0.2, 0.25) is 5.78 Å². The second kappa shape index (κ2) is 8.19. The van der Waals surface area contributed by atoms with Crippen molar-refractivity contribution in [2.24, 2.45) is 0 Å². The number of ether oxygens (including phenoxy) is 1. The number of rotatable bonds is 5. The molecule has 160 valence electrons. The number of nitrogens with zero attached hydrogens (tertiary/aromatic N) is 1. The molecule has 1 atom stereocenters. The maximum Gasteiger partial charge on any atom is 0.338 e. The van der Waals surface area contributed by atoms with Crippen LogP contribution < -0.4 is 4.90 Å². The summed E-state index contributed by atoms with van der Waals surface area (Å²) in [6, 6.07) is 15.8. The number of hydrogen-bond acceptors (Lipinski definition) is 5. The van der Waals surface area contributed by atoms with Gasteiger partial charge in [-0.05, 0) is 56.3 Å². The number of hydrogen-bond donors (Lipinski definition) is 0. The highest BCUT2D eigenvalue weighted by molar-refractivity contribution is 6.34. The molecular formula is C25H18FNO5. The number of aryl methyl sites for hydroxylation is 1. The first kappa shape index (κ1) is 21.1. The lowest BCUT2D eigenvalue weighted by Crippen LogP contribution is -2.29. The molecule has 1 aliphatic heterocycles. The molecule has 6 nitrogen and oxygen atoms in total. The van der Waals surface area contributed by atoms with Crippen LogP contribution in [-0.2, 0) is 4.74 Å². The van der Waals surface area contributed by atoms with Crippen molar-refractivity contribution in [3.05, 3.63) is 100 Å². The highest BCUT2D eigenvalue weighted by atomic mass is 19.1. The molecular weight excluding hydrogens is 413 g/mol. The molecule has 0 bridgehead atoms. The van der Waals surface area contributed by atoms with E-state index >= 15 is 0 Å². The summed E-state index contributed by atoms with van der Waals surface area (Å²) in [5.41, 5.74) is 1.83. The van der Waals surface area contributed by atoms with Gasteiger partial charge in [0.05, 0.1) is 22.4 Å². The summed E-state index contributed by atoms with van der Waals surface area (Å²) in [7, 11) is 0. The number of Topliss-reactive ketones (excluding diaryl/α,β-unsaturated/α-hetero) is 1. The molecule has 0 aromatic heterocycles. The summed E-state index contributed by atoms with van der Waals surface area (Å²) >= 11 is 0. The van der Waals surface area contributed by atoms with Crippen molar-refractivity contribution in [3.8, 4) is 0 Å². The number of ketones is 1. The van der Waals surface area contributed by atoms with E-state index in [1.54, 1.807) is 24.3 Å². The summed E-state index contributed by atoms with van der Waals surface area (Å²) in [5.74, 6) is -2.84. The molecule has 3 aromatic carbocycles. The molecule has 4 rings (SSSR count). The van der Waals surface area contributed by atoms with Crippen molar-refractivity contribution in [2.45, 2.75) is 20.0 Å². The largest absolute Gasteiger partial charge is 0.451 e. The Kier molecular flexibility index (Phi) is 5.40. The summed E-state index contributed by atoms with van der Waals surface area (Å²) in [5, 5.41) is 0. The quantitative estimate of drug-likeness (QED) is 0.341. The fraction of sp³-hybridized carbons (Fsp3) is 0.120. The molecule has 0 N–H and O–H groups in total. The second-order valence-corrected chi connectivity index (χ2v) is 7.46. The Morgan fingerprint density at radius 1 is 0.844 bits per heavy atom. The fourth-order valence-corrected chi connectivity index (χ4v) is 3.43. The van der Waals surface area contributed by atoms with Crippen LogP contribution in [0.5, 0.6) is 0 Å². The molecule has 0 aliphatic carbocycles. The minimum atomic E-state index is -1.04. The first-order valence-corrected chi connectivity index (χ1v) is 9.86. The zero-order valence-electron chi connectivity index (χ0n) is 17.3. The lowest BCUT2D eigenvalue weighted by Gasteiger charge is -2.13. The van der Waals surface area contributed by atoms with Crippen molar-refractivity contribution in [1.29, 1.82) is 0 Å². The van der Waals surface area contributed by atoms with E-state index in [0.29, 0.717) is 5.56 Å². The average Bonchev–Trinajstić information content (AvgIpc) is 3.04. The Labute approximate surface area is 183 Å². The lowest BCUT2D eigenvalue weighted by atomic mass is 10.0. The Morgan fingerprint density at radius 3 is 2.09 bits per heavy atom. The molecule has 3 aromatic rings. The molecule has 32 heavy (non-hydrogen) atoms. The van der Waals surface area contributed by atoms with Crippen LogP contribution in [0.15, 0.2) is 66.7 Å². The minimum absolute atomic E-state index is 0.0336. The number of amides is 2. The first-order valence-electron chi connectivity index (χ1n) is 9.86. The first-order chi connectivity index (χ1) is 15.3.